The number of carboxylic acid groups (broad SMARTS) is 1. The predicted molar refractivity (Wildman–Crippen MR) is 267 cm³/mol. The van der Waals surface area contributed by atoms with Crippen LogP contribution in [-0.2, 0) is 56.1 Å². The molecule has 0 atom stereocenters. The summed E-state index contributed by atoms with van der Waals surface area (Å²) in [5.41, 5.74) is 0.747. The van der Waals surface area contributed by atoms with Crippen molar-refractivity contribution >= 4 is 98.7 Å². The fourth-order valence-corrected chi connectivity index (χ4v) is 11.6. The van der Waals surface area contributed by atoms with Gasteiger partial charge in [0, 0.05) is 60.0 Å². The molecule has 0 saturated heterocycles. The van der Waals surface area contributed by atoms with Crippen molar-refractivity contribution in [3.63, 3.8) is 0 Å². The van der Waals surface area contributed by atoms with Crippen molar-refractivity contribution in [1.82, 2.24) is 0 Å². The Balaban J connectivity index is 0.00000988. The molecule has 3 aliphatic rings. The summed E-state index contributed by atoms with van der Waals surface area (Å²) < 4.78 is 192. The van der Waals surface area contributed by atoms with Gasteiger partial charge < -0.3 is 19.3 Å². The van der Waals surface area contributed by atoms with Crippen LogP contribution in [0.25, 0.3) is 5.57 Å². The monoisotopic (exact) mass is 1110 g/mol. The molecule has 17 nitrogen and oxygen atoms in total. The van der Waals surface area contributed by atoms with Gasteiger partial charge in [-0.1, -0.05) is 26.0 Å². The van der Waals surface area contributed by atoms with Gasteiger partial charge in [-0.15, -0.1) is 0 Å². The number of fused-ring (bicyclic) bond motifs is 2. The number of anilines is 1. The van der Waals surface area contributed by atoms with Crippen molar-refractivity contribution in [3.05, 3.63) is 118 Å². The van der Waals surface area contributed by atoms with E-state index in [1.165, 1.54) is 30.3 Å². The van der Waals surface area contributed by atoms with Crippen LogP contribution < -0.4 is 9.64 Å². The molecule has 0 saturated carbocycles. The van der Waals surface area contributed by atoms with E-state index < -0.39 is 120 Å². The van der Waals surface area contributed by atoms with E-state index in [0.29, 0.717) is 57.5 Å². The number of halogens is 3. The molecule has 0 unspecified atom stereocenters. The van der Waals surface area contributed by atoms with Crippen LogP contribution in [0.1, 0.15) is 102 Å². The maximum absolute atomic E-state index is 17.0. The summed E-state index contributed by atoms with van der Waals surface area (Å²) in [6, 6.07) is 8.26. The summed E-state index contributed by atoms with van der Waals surface area (Å²) in [5, 5.41) is 9.12. The van der Waals surface area contributed by atoms with Crippen LogP contribution in [0, 0.1) is 17.5 Å². The van der Waals surface area contributed by atoms with Crippen molar-refractivity contribution < 1.29 is 84.3 Å². The van der Waals surface area contributed by atoms with E-state index in [0.717, 1.165) is 6.07 Å². The third-order valence-electron chi connectivity index (χ3n) is 13.0. The van der Waals surface area contributed by atoms with Crippen LogP contribution in [0.2, 0.25) is 0 Å². The van der Waals surface area contributed by atoms with Crippen LogP contribution >= 0.6 is 0 Å². The second-order valence-electron chi connectivity index (χ2n) is 18.7. The van der Waals surface area contributed by atoms with Gasteiger partial charge in [0.25, 0.3) is 30.4 Å². The van der Waals surface area contributed by atoms with Gasteiger partial charge in [-0.3, -0.25) is 18.5 Å². The predicted octanol–water partition coefficient (Wildman–Crippen LogP) is 7.36. The van der Waals surface area contributed by atoms with E-state index >= 15 is 13.2 Å². The van der Waals surface area contributed by atoms with Crippen molar-refractivity contribution in [2.75, 3.05) is 36.1 Å². The topological polar surface area (TPSA) is 273 Å². The van der Waals surface area contributed by atoms with E-state index in [-0.39, 0.29) is 93.2 Å². The Hall–Kier alpha value is -4.21. The summed E-state index contributed by atoms with van der Waals surface area (Å²) in [4.78, 5) is 12.1. The summed E-state index contributed by atoms with van der Waals surface area (Å²) in [5.74, 6) is -7.37. The first kappa shape index (κ1) is 59.7. The van der Waals surface area contributed by atoms with Crippen molar-refractivity contribution in [3.8, 4) is 5.75 Å². The van der Waals surface area contributed by atoms with E-state index in [1.54, 1.807) is 61.5 Å². The molecule has 0 bridgehead atoms. The van der Waals surface area contributed by atoms with Crippen molar-refractivity contribution in [2.24, 2.45) is 0 Å². The first-order valence-corrected chi connectivity index (χ1v) is 28.8. The third-order valence-corrected chi connectivity index (χ3v) is 16.2. The van der Waals surface area contributed by atoms with Crippen LogP contribution in [0.15, 0.2) is 93.4 Å². The zero-order valence-electron chi connectivity index (χ0n) is 39.7. The summed E-state index contributed by atoms with van der Waals surface area (Å²) in [6.45, 7) is 6.89. The molecule has 3 aromatic rings. The minimum absolute atomic E-state index is 0. The quantitative estimate of drug-likeness (QED) is 0.0351. The van der Waals surface area contributed by atoms with Gasteiger partial charge in [0.1, 0.15) is 22.5 Å². The molecule has 0 spiro atoms. The van der Waals surface area contributed by atoms with Crippen molar-refractivity contribution in [2.45, 2.75) is 106 Å². The number of unbranched alkanes of at least 4 members (excludes halogenated alkanes) is 2. The molecule has 0 amide bonds. The fourth-order valence-electron chi connectivity index (χ4n) is 9.49. The number of ether oxygens (including phenoxy) is 1. The molecular weight excluding hydrogens is 1050 g/mol. The number of nitrogens with zero attached hydrogens (tertiary/aromatic N) is 2. The zero-order chi connectivity index (χ0) is 53.4. The van der Waals surface area contributed by atoms with Crippen LogP contribution in [0.3, 0.4) is 0 Å². The molecule has 4 N–H and O–H groups in total. The van der Waals surface area contributed by atoms with E-state index in [1.807, 2.05) is 0 Å². The maximum atomic E-state index is 17.0. The Labute approximate surface area is 445 Å². The van der Waals surface area contributed by atoms with Gasteiger partial charge in [0.2, 0.25) is 5.69 Å². The average Bonchev–Trinajstić information content (AvgIpc) is 3.60. The number of hydrogen-bond acceptors (Lipinski definition) is 12. The standard InChI is InChI=1S/C48H55F3N2O15S4.Na.H/c1-47(2)34-27-32(71(62,63)64)16-18-38(34)52(22-5-7-25-69(56,57)58)40(47)20-14-30-11-9-12-31(43(30)44-36(49)29-37(50)46(45(44)51)68-24-10-13-42(54)55)15-21-41-48(3,4)35-28-33(72(65,66)67)17-19-39(35)53(41)23-6-8-26-70(59,60)61;;/h14-21,27-29H,5-13,22-26H2,1-4H3,(H4-,54,55,56,57,58,59,60,61,62,63,64,65,66,67);;. The molecule has 2 aliphatic heterocycles. The minimum atomic E-state index is -4.92. The van der Waals surface area contributed by atoms with E-state index in [2.05, 4.69) is 0 Å². The molecule has 2 heterocycles. The number of rotatable bonds is 21. The molecule has 73 heavy (non-hydrogen) atoms. The number of benzene rings is 3. The number of carbonyl (C=O) groups is 1. The Morgan fingerprint density at radius 1 is 0.781 bits per heavy atom. The number of hydrogen-bond donors (Lipinski definition) is 4. The Bertz CT molecular complexity index is 3320. The molecule has 6 rings (SSSR count). The van der Waals surface area contributed by atoms with Gasteiger partial charge in [-0.25, -0.2) is 21.6 Å². The van der Waals surface area contributed by atoms with Crippen LogP contribution in [-0.4, -0.2) is 134 Å². The van der Waals surface area contributed by atoms with Crippen molar-refractivity contribution in [1.29, 1.82) is 0 Å². The molecule has 0 aromatic heterocycles. The van der Waals surface area contributed by atoms with Gasteiger partial charge in [0.05, 0.1) is 38.9 Å². The van der Waals surface area contributed by atoms with Crippen LogP contribution in [0.5, 0.6) is 5.75 Å². The van der Waals surface area contributed by atoms with Crippen LogP contribution in [0.4, 0.5) is 24.5 Å². The van der Waals surface area contributed by atoms with E-state index in [4.69, 9.17) is 9.84 Å². The van der Waals surface area contributed by atoms with Gasteiger partial charge in [0.15, 0.2) is 23.1 Å². The summed E-state index contributed by atoms with van der Waals surface area (Å²) in [7, 11) is -18.2. The normalized spacial score (nSPS) is 17.9. The molecule has 3 aromatic carbocycles. The average molecular weight is 1110 g/mol. The van der Waals surface area contributed by atoms with Gasteiger partial charge >= 0.3 is 35.5 Å². The first-order chi connectivity index (χ1) is 33.3. The molecule has 394 valence electrons. The Kier molecular flexibility index (Phi) is 18.8. The second-order valence-corrected chi connectivity index (χ2v) is 24.7. The fraction of sp³-hybridized carbons (Fsp3) is 0.417. The zero-order valence-corrected chi connectivity index (χ0v) is 43.0. The van der Waals surface area contributed by atoms with E-state index in [9.17, 15) is 56.7 Å². The Morgan fingerprint density at radius 3 is 2.03 bits per heavy atom. The molecule has 25 heteroatoms. The molecular formula is C48H56F3N2NaO15S4. The summed E-state index contributed by atoms with van der Waals surface area (Å²) in [6.07, 6.45) is 7.23. The van der Waals surface area contributed by atoms with Gasteiger partial charge in [-0.05, 0) is 117 Å². The third kappa shape index (κ3) is 14.0. The molecule has 0 fully saturated rings. The summed E-state index contributed by atoms with van der Waals surface area (Å²) >= 11 is 0. The Morgan fingerprint density at radius 2 is 1.41 bits per heavy atom. The van der Waals surface area contributed by atoms with Gasteiger partial charge in [-0.2, -0.15) is 29.8 Å². The first-order valence-electron chi connectivity index (χ1n) is 22.7. The molecule has 1 aliphatic carbocycles. The number of carboxylic acids is 1. The molecule has 0 radical (unpaired) electrons. The number of allylic oxidation sites excluding steroid dienone is 8. The second kappa shape index (κ2) is 22.9. The number of aliphatic carboxylic acids is 1. The SMILES string of the molecule is CC1(C)C(=CC=C2CCCC(C=CC3=[N+](CCCCS(=O)(=O)O)c4ccc(S(=O)(=O)[O-])cc4C3(C)C)=C2c2c(F)cc(F)c(OCCCC(=O)O)c2F)N(CCCCS(=O)(=O)O)c2ccc(S(=O)(=O)O)cc21.[NaH].